The Morgan fingerprint density at radius 2 is 2.00 bits per heavy atom. The van der Waals surface area contributed by atoms with Gasteiger partial charge in [0.1, 0.15) is 11.3 Å². The Kier molecular flexibility index (Phi) is 3.58. The number of amides is 1. The van der Waals surface area contributed by atoms with Gasteiger partial charge in [-0.3, -0.25) is 10.1 Å². The number of benzene rings is 2. The Morgan fingerprint density at radius 3 is 2.80 bits per heavy atom. The van der Waals surface area contributed by atoms with Crippen molar-refractivity contribution in [2.75, 3.05) is 5.32 Å². The van der Waals surface area contributed by atoms with Crippen molar-refractivity contribution in [2.24, 2.45) is 7.05 Å². The number of anilines is 1. The Labute approximate surface area is 146 Å². The number of aryl methyl sites for hydroxylation is 1. The normalized spacial score (nSPS) is 11.2. The monoisotopic (exact) mass is 355 g/mol. The second-order valence-electron chi connectivity index (χ2n) is 5.46. The fourth-order valence-corrected chi connectivity index (χ4v) is 2.92. The van der Waals surface area contributed by atoms with Gasteiger partial charge in [0, 0.05) is 12.4 Å². The average molecular weight is 356 g/mol. The third kappa shape index (κ3) is 2.58. The summed E-state index contributed by atoms with van der Waals surface area (Å²) in [6.45, 7) is 0. The first-order valence-corrected chi connectivity index (χ1v) is 7.76. The van der Waals surface area contributed by atoms with E-state index in [4.69, 9.17) is 11.6 Å². The third-order valence-electron chi connectivity index (χ3n) is 3.90. The summed E-state index contributed by atoms with van der Waals surface area (Å²) in [5.74, 6) is -0.752. The van der Waals surface area contributed by atoms with E-state index in [1.807, 2.05) is 0 Å². The van der Waals surface area contributed by atoms with Crippen LogP contribution in [0.15, 0.2) is 42.5 Å². The van der Waals surface area contributed by atoms with Crippen LogP contribution in [0.25, 0.3) is 22.1 Å². The number of carbonyl (C=O) groups is 1. The first-order valence-electron chi connectivity index (χ1n) is 7.39. The van der Waals surface area contributed by atoms with E-state index in [0.29, 0.717) is 27.1 Å². The fourth-order valence-electron chi connectivity index (χ4n) is 2.70. The number of rotatable bonds is 2. The van der Waals surface area contributed by atoms with Crippen LogP contribution in [-0.4, -0.2) is 25.7 Å². The Bertz CT molecular complexity index is 1140. The number of carbonyl (C=O) groups excluding carboxylic acids is 1. The van der Waals surface area contributed by atoms with Gasteiger partial charge in [-0.05, 0) is 30.3 Å². The SMILES string of the molecule is Cn1c2ccc(F)cc2c2nnc(NC(=O)c3ccccc3Cl)nc21. The molecule has 124 valence electrons. The Morgan fingerprint density at radius 1 is 1.20 bits per heavy atom. The number of nitrogens with zero attached hydrogens (tertiary/aromatic N) is 4. The first kappa shape index (κ1) is 15.5. The number of hydrogen-bond donors (Lipinski definition) is 1. The summed E-state index contributed by atoms with van der Waals surface area (Å²) in [4.78, 5) is 16.6. The van der Waals surface area contributed by atoms with Crippen LogP contribution in [-0.2, 0) is 7.05 Å². The largest absolute Gasteiger partial charge is 0.327 e. The van der Waals surface area contributed by atoms with Crippen molar-refractivity contribution in [3.8, 4) is 0 Å². The zero-order chi connectivity index (χ0) is 17.6. The fraction of sp³-hybridized carbons (Fsp3) is 0.0588. The highest BCUT2D eigenvalue weighted by atomic mass is 35.5. The van der Waals surface area contributed by atoms with E-state index in [0.717, 1.165) is 5.52 Å². The number of nitrogens with one attached hydrogen (secondary N) is 1. The minimum atomic E-state index is -0.434. The van der Waals surface area contributed by atoms with Crippen molar-refractivity contribution in [1.29, 1.82) is 0 Å². The molecule has 6 nitrogen and oxygen atoms in total. The molecule has 0 aliphatic carbocycles. The van der Waals surface area contributed by atoms with Crippen LogP contribution in [0.1, 0.15) is 10.4 Å². The van der Waals surface area contributed by atoms with Crippen molar-refractivity contribution in [3.05, 3.63) is 58.9 Å². The van der Waals surface area contributed by atoms with Gasteiger partial charge >= 0.3 is 0 Å². The highest BCUT2D eigenvalue weighted by molar-refractivity contribution is 6.34. The lowest BCUT2D eigenvalue weighted by Gasteiger charge is -2.05. The maximum atomic E-state index is 13.5. The predicted molar refractivity (Wildman–Crippen MR) is 93.2 cm³/mol. The molecule has 0 radical (unpaired) electrons. The van der Waals surface area contributed by atoms with Crippen LogP contribution >= 0.6 is 11.6 Å². The molecule has 4 rings (SSSR count). The van der Waals surface area contributed by atoms with Gasteiger partial charge in [-0.25, -0.2) is 4.39 Å². The summed E-state index contributed by atoms with van der Waals surface area (Å²) in [7, 11) is 1.79. The van der Waals surface area contributed by atoms with Crippen molar-refractivity contribution >= 4 is 45.5 Å². The van der Waals surface area contributed by atoms with Crippen LogP contribution in [0.4, 0.5) is 10.3 Å². The van der Waals surface area contributed by atoms with Crippen molar-refractivity contribution in [2.45, 2.75) is 0 Å². The number of halogens is 2. The van der Waals surface area contributed by atoms with Gasteiger partial charge in [-0.2, -0.15) is 4.98 Å². The quantitative estimate of drug-likeness (QED) is 0.596. The lowest BCUT2D eigenvalue weighted by molar-refractivity contribution is 0.102. The van der Waals surface area contributed by atoms with E-state index < -0.39 is 5.91 Å². The molecule has 0 unspecified atom stereocenters. The van der Waals surface area contributed by atoms with Gasteiger partial charge in [0.15, 0.2) is 5.65 Å². The second-order valence-corrected chi connectivity index (χ2v) is 5.87. The highest BCUT2D eigenvalue weighted by Crippen LogP contribution is 2.26. The summed E-state index contributed by atoms with van der Waals surface area (Å²) >= 11 is 6.02. The number of fused-ring (bicyclic) bond motifs is 3. The molecule has 1 amide bonds. The van der Waals surface area contributed by atoms with Gasteiger partial charge < -0.3 is 4.57 Å². The molecule has 4 aromatic rings. The molecule has 0 saturated carbocycles. The summed E-state index contributed by atoms with van der Waals surface area (Å²) < 4.78 is 15.3. The van der Waals surface area contributed by atoms with Crippen LogP contribution in [0.2, 0.25) is 5.02 Å². The van der Waals surface area contributed by atoms with E-state index in [1.54, 1.807) is 41.9 Å². The average Bonchev–Trinajstić information content (AvgIpc) is 2.87. The van der Waals surface area contributed by atoms with E-state index in [1.165, 1.54) is 12.1 Å². The van der Waals surface area contributed by atoms with Crippen LogP contribution in [0.5, 0.6) is 0 Å². The zero-order valence-electron chi connectivity index (χ0n) is 13.0. The zero-order valence-corrected chi connectivity index (χ0v) is 13.8. The van der Waals surface area contributed by atoms with Gasteiger partial charge in [-0.15, -0.1) is 10.2 Å². The maximum Gasteiger partial charge on any atom is 0.259 e. The Balaban J connectivity index is 1.77. The lowest BCUT2D eigenvalue weighted by Crippen LogP contribution is -2.15. The smallest absolute Gasteiger partial charge is 0.259 e. The minimum absolute atomic E-state index is 0.0452. The van der Waals surface area contributed by atoms with Crippen molar-refractivity contribution < 1.29 is 9.18 Å². The molecule has 2 heterocycles. The molecule has 1 N–H and O–H groups in total. The summed E-state index contributed by atoms with van der Waals surface area (Å²) in [6.07, 6.45) is 0. The molecule has 0 bridgehead atoms. The van der Waals surface area contributed by atoms with E-state index in [-0.39, 0.29) is 11.8 Å². The molecule has 8 heteroatoms. The molecule has 0 atom stereocenters. The van der Waals surface area contributed by atoms with Crippen molar-refractivity contribution in [3.63, 3.8) is 0 Å². The topological polar surface area (TPSA) is 72.7 Å². The molecule has 0 saturated heterocycles. The van der Waals surface area contributed by atoms with Crippen LogP contribution in [0, 0.1) is 5.82 Å². The standard InChI is InChI=1S/C17H11ClFN5O/c1-24-13-7-6-9(19)8-11(13)14-15(24)20-17(23-22-14)21-16(25)10-4-2-3-5-12(10)18/h2-8H,1H3,(H,20,21,23,25). The third-order valence-corrected chi connectivity index (χ3v) is 4.23. The highest BCUT2D eigenvalue weighted by Gasteiger charge is 2.16. The Hall–Kier alpha value is -3.06. The van der Waals surface area contributed by atoms with Crippen LogP contribution in [0.3, 0.4) is 0 Å². The summed E-state index contributed by atoms with van der Waals surface area (Å²) in [6, 6.07) is 11.1. The van der Waals surface area contributed by atoms with Gasteiger partial charge in [0.05, 0.1) is 16.1 Å². The van der Waals surface area contributed by atoms with E-state index in [2.05, 4.69) is 20.5 Å². The summed E-state index contributed by atoms with van der Waals surface area (Å²) in [5, 5.41) is 11.5. The number of hydrogen-bond acceptors (Lipinski definition) is 4. The van der Waals surface area contributed by atoms with Gasteiger partial charge in [0.25, 0.3) is 11.9 Å². The van der Waals surface area contributed by atoms with Crippen molar-refractivity contribution in [1.82, 2.24) is 19.7 Å². The van der Waals surface area contributed by atoms with Gasteiger partial charge in [0.2, 0.25) is 0 Å². The second kappa shape index (κ2) is 5.78. The minimum Gasteiger partial charge on any atom is -0.327 e. The first-order chi connectivity index (χ1) is 12.0. The predicted octanol–water partition coefficient (Wildman–Crippen LogP) is 3.56. The van der Waals surface area contributed by atoms with E-state index >= 15 is 0 Å². The summed E-state index contributed by atoms with van der Waals surface area (Å²) in [5.41, 5.74) is 2.04. The maximum absolute atomic E-state index is 13.5. The molecule has 0 fully saturated rings. The molecular weight excluding hydrogens is 345 g/mol. The van der Waals surface area contributed by atoms with E-state index in [9.17, 15) is 9.18 Å². The molecular formula is C17H11ClFN5O. The molecule has 0 aliphatic heterocycles. The molecule has 0 spiro atoms. The van der Waals surface area contributed by atoms with Crippen LogP contribution < -0.4 is 5.32 Å². The molecule has 2 aromatic heterocycles. The van der Waals surface area contributed by atoms with Gasteiger partial charge in [-0.1, -0.05) is 23.7 Å². The molecule has 25 heavy (non-hydrogen) atoms. The number of aromatic nitrogens is 4. The molecule has 2 aromatic carbocycles. The molecule has 0 aliphatic rings. The lowest BCUT2D eigenvalue weighted by atomic mass is 10.2.